The predicted molar refractivity (Wildman–Crippen MR) is 100 cm³/mol. The molecule has 1 saturated heterocycles. The Bertz CT molecular complexity index is 689. The third-order valence-corrected chi connectivity index (χ3v) is 5.57. The number of hydrogen-bond acceptors (Lipinski definition) is 5. The van der Waals surface area contributed by atoms with E-state index < -0.39 is 0 Å². The Morgan fingerprint density at radius 1 is 1.27 bits per heavy atom. The van der Waals surface area contributed by atoms with E-state index in [4.69, 9.17) is 14.7 Å². The summed E-state index contributed by atoms with van der Waals surface area (Å²) in [7, 11) is 0. The minimum atomic E-state index is -0.240. The van der Waals surface area contributed by atoms with Crippen molar-refractivity contribution in [2.45, 2.75) is 64.0 Å². The lowest BCUT2D eigenvalue weighted by molar-refractivity contribution is -0.140. The zero-order valence-electron chi connectivity index (χ0n) is 15.5. The molecule has 6 nitrogen and oxygen atoms in total. The molecule has 0 spiro atoms. The molecular formula is C20H28N4O2. The van der Waals surface area contributed by atoms with Gasteiger partial charge >= 0.3 is 0 Å². The van der Waals surface area contributed by atoms with Crippen LogP contribution in [0.4, 0.5) is 5.82 Å². The summed E-state index contributed by atoms with van der Waals surface area (Å²) in [5, 5.41) is 3.63. The Kier molecular flexibility index (Phi) is 5.20. The zero-order chi connectivity index (χ0) is 17.9. The standard InChI is InChI=1S/C20H28N4O2/c1-2-18-22-16-10-12-24(20(25)17-8-5-13-26-17)11-9-15(16)19(23-18)21-14-6-3-4-7-14/h3-4,14,17H,2,5-13H2,1H3,(H,21,22,23)/t17-/m0/s1. The van der Waals surface area contributed by atoms with Gasteiger partial charge in [-0.15, -0.1) is 0 Å². The van der Waals surface area contributed by atoms with Crippen molar-refractivity contribution in [1.82, 2.24) is 14.9 Å². The molecule has 1 fully saturated rings. The van der Waals surface area contributed by atoms with Crippen molar-refractivity contribution in [1.29, 1.82) is 0 Å². The highest BCUT2D eigenvalue weighted by Gasteiger charge is 2.30. The van der Waals surface area contributed by atoms with E-state index in [1.54, 1.807) is 0 Å². The van der Waals surface area contributed by atoms with Gasteiger partial charge in [0.1, 0.15) is 17.7 Å². The lowest BCUT2D eigenvalue weighted by Crippen LogP contribution is -2.40. The summed E-state index contributed by atoms with van der Waals surface area (Å²) in [6.45, 7) is 4.24. The van der Waals surface area contributed by atoms with Crippen molar-refractivity contribution in [3.63, 3.8) is 0 Å². The number of fused-ring (bicyclic) bond motifs is 1. The second-order valence-corrected chi connectivity index (χ2v) is 7.38. The molecule has 3 heterocycles. The molecule has 0 bridgehead atoms. The SMILES string of the molecule is CCc1nc2c(c(NC3CC=CC3)n1)CCN(C(=O)[C@@H]1CCCO1)CC2. The van der Waals surface area contributed by atoms with Gasteiger partial charge in [0.2, 0.25) is 0 Å². The third kappa shape index (κ3) is 3.61. The van der Waals surface area contributed by atoms with Crippen LogP contribution in [0.2, 0.25) is 0 Å². The summed E-state index contributed by atoms with van der Waals surface area (Å²) < 4.78 is 5.60. The summed E-state index contributed by atoms with van der Waals surface area (Å²) in [6.07, 6.45) is 10.6. The van der Waals surface area contributed by atoms with Crippen LogP contribution in [-0.4, -0.2) is 52.6 Å². The fourth-order valence-electron chi connectivity index (χ4n) is 4.05. The lowest BCUT2D eigenvalue weighted by Gasteiger charge is -2.23. The molecule has 2 aliphatic heterocycles. The van der Waals surface area contributed by atoms with Crippen LogP contribution in [0.25, 0.3) is 0 Å². The summed E-state index contributed by atoms with van der Waals surface area (Å²) in [6, 6.07) is 0.423. The fourth-order valence-corrected chi connectivity index (χ4v) is 4.05. The number of aromatic nitrogens is 2. The molecule has 26 heavy (non-hydrogen) atoms. The van der Waals surface area contributed by atoms with Gasteiger partial charge in [0.25, 0.3) is 5.91 Å². The molecule has 1 aromatic heterocycles. The average molecular weight is 356 g/mol. The normalized spacial score (nSPS) is 23.1. The molecule has 1 aliphatic carbocycles. The van der Waals surface area contributed by atoms with Gasteiger partial charge in [-0.3, -0.25) is 4.79 Å². The fraction of sp³-hybridized carbons (Fsp3) is 0.650. The second-order valence-electron chi connectivity index (χ2n) is 7.38. The largest absolute Gasteiger partial charge is 0.368 e. The number of carbonyl (C=O) groups excluding carboxylic acids is 1. The number of hydrogen-bond donors (Lipinski definition) is 1. The van der Waals surface area contributed by atoms with Gasteiger partial charge < -0.3 is 15.0 Å². The number of aryl methyl sites for hydroxylation is 1. The van der Waals surface area contributed by atoms with E-state index in [-0.39, 0.29) is 12.0 Å². The first-order valence-electron chi connectivity index (χ1n) is 9.95. The summed E-state index contributed by atoms with van der Waals surface area (Å²) in [4.78, 5) is 24.3. The summed E-state index contributed by atoms with van der Waals surface area (Å²) in [5.41, 5.74) is 2.30. The minimum absolute atomic E-state index is 0.147. The molecule has 0 unspecified atom stereocenters. The molecule has 3 aliphatic rings. The number of rotatable bonds is 4. The molecule has 6 heteroatoms. The maximum atomic E-state index is 12.7. The zero-order valence-corrected chi connectivity index (χ0v) is 15.5. The van der Waals surface area contributed by atoms with E-state index in [1.165, 1.54) is 5.56 Å². The van der Waals surface area contributed by atoms with E-state index in [1.807, 2.05) is 4.90 Å². The third-order valence-electron chi connectivity index (χ3n) is 5.57. The lowest BCUT2D eigenvalue weighted by atomic mass is 10.1. The van der Waals surface area contributed by atoms with Gasteiger partial charge in [0.05, 0.1) is 5.69 Å². The van der Waals surface area contributed by atoms with Gasteiger partial charge in [-0.2, -0.15) is 0 Å². The first-order chi connectivity index (χ1) is 12.7. The molecule has 0 aromatic carbocycles. The molecule has 0 radical (unpaired) electrons. The minimum Gasteiger partial charge on any atom is -0.368 e. The smallest absolute Gasteiger partial charge is 0.251 e. The highest BCUT2D eigenvalue weighted by atomic mass is 16.5. The summed E-state index contributed by atoms with van der Waals surface area (Å²) >= 11 is 0. The first kappa shape index (κ1) is 17.5. The Hall–Kier alpha value is -1.95. The van der Waals surface area contributed by atoms with Crippen LogP contribution in [0.15, 0.2) is 12.2 Å². The molecule has 4 rings (SSSR count). The number of ether oxygens (including phenoxy) is 1. The van der Waals surface area contributed by atoms with E-state index in [2.05, 4.69) is 24.4 Å². The monoisotopic (exact) mass is 356 g/mol. The van der Waals surface area contributed by atoms with Crippen LogP contribution in [0.3, 0.4) is 0 Å². The van der Waals surface area contributed by atoms with E-state index in [9.17, 15) is 4.79 Å². The average Bonchev–Trinajstić information content (AvgIpc) is 3.32. The highest BCUT2D eigenvalue weighted by molar-refractivity contribution is 5.81. The van der Waals surface area contributed by atoms with Crippen molar-refractivity contribution < 1.29 is 9.53 Å². The molecule has 140 valence electrons. The Labute approximate surface area is 155 Å². The maximum absolute atomic E-state index is 12.7. The van der Waals surface area contributed by atoms with Gasteiger partial charge in [-0.25, -0.2) is 9.97 Å². The Balaban J connectivity index is 1.53. The van der Waals surface area contributed by atoms with Crippen LogP contribution in [0.5, 0.6) is 0 Å². The molecule has 1 N–H and O–H groups in total. The number of amides is 1. The molecule has 1 amide bonds. The molecule has 1 atom stereocenters. The number of carbonyl (C=O) groups is 1. The molecular weight excluding hydrogens is 328 g/mol. The van der Waals surface area contributed by atoms with Gasteiger partial charge in [0.15, 0.2) is 0 Å². The quantitative estimate of drug-likeness (QED) is 0.839. The van der Waals surface area contributed by atoms with Gasteiger partial charge in [0, 0.05) is 44.1 Å². The van der Waals surface area contributed by atoms with Gasteiger partial charge in [-0.05, 0) is 32.1 Å². The Morgan fingerprint density at radius 3 is 2.81 bits per heavy atom. The topological polar surface area (TPSA) is 67.4 Å². The highest BCUT2D eigenvalue weighted by Crippen LogP contribution is 2.26. The predicted octanol–water partition coefficient (Wildman–Crippen LogP) is 2.28. The second kappa shape index (κ2) is 7.74. The van der Waals surface area contributed by atoms with Crippen LogP contribution >= 0.6 is 0 Å². The molecule has 0 saturated carbocycles. The van der Waals surface area contributed by atoms with E-state index in [0.29, 0.717) is 12.6 Å². The summed E-state index contributed by atoms with van der Waals surface area (Å²) in [5.74, 6) is 2.01. The first-order valence-corrected chi connectivity index (χ1v) is 9.95. The number of nitrogens with one attached hydrogen (secondary N) is 1. The Morgan fingerprint density at radius 2 is 2.08 bits per heavy atom. The van der Waals surface area contributed by atoms with Crippen LogP contribution in [0.1, 0.15) is 49.7 Å². The van der Waals surface area contributed by atoms with Crippen molar-refractivity contribution >= 4 is 11.7 Å². The van der Waals surface area contributed by atoms with Crippen LogP contribution in [-0.2, 0) is 28.8 Å². The van der Waals surface area contributed by atoms with E-state index in [0.717, 1.165) is 75.4 Å². The van der Waals surface area contributed by atoms with Crippen molar-refractivity contribution in [3.05, 3.63) is 29.2 Å². The molecule has 1 aromatic rings. The van der Waals surface area contributed by atoms with Crippen molar-refractivity contribution in [3.8, 4) is 0 Å². The number of anilines is 1. The van der Waals surface area contributed by atoms with E-state index >= 15 is 0 Å². The van der Waals surface area contributed by atoms with Crippen LogP contribution in [0, 0.1) is 0 Å². The number of nitrogens with zero attached hydrogens (tertiary/aromatic N) is 3. The van der Waals surface area contributed by atoms with Crippen LogP contribution < -0.4 is 5.32 Å². The van der Waals surface area contributed by atoms with Crippen molar-refractivity contribution in [2.75, 3.05) is 25.0 Å². The van der Waals surface area contributed by atoms with Crippen molar-refractivity contribution in [2.24, 2.45) is 0 Å². The van der Waals surface area contributed by atoms with Gasteiger partial charge in [-0.1, -0.05) is 19.1 Å². The maximum Gasteiger partial charge on any atom is 0.251 e.